The van der Waals surface area contributed by atoms with Crippen molar-refractivity contribution in [3.05, 3.63) is 23.3 Å². The Morgan fingerprint density at radius 2 is 1.83 bits per heavy atom. The minimum atomic E-state index is -0.489. The molecule has 0 amide bonds. The molecule has 2 fully saturated rings. The summed E-state index contributed by atoms with van der Waals surface area (Å²) in [6.45, 7) is 19.7. The van der Waals surface area contributed by atoms with Crippen LogP contribution in [0.15, 0.2) is 23.3 Å². The molecule has 0 radical (unpaired) electrons. The molecule has 1 unspecified atom stereocenters. The van der Waals surface area contributed by atoms with Gasteiger partial charge in [0.1, 0.15) is 6.07 Å². The Labute approximate surface area is 213 Å². The van der Waals surface area contributed by atoms with Crippen LogP contribution < -0.4 is 5.73 Å². The van der Waals surface area contributed by atoms with Gasteiger partial charge in [0.25, 0.3) is 0 Å². The Kier molecular flexibility index (Phi) is 7.15. The highest BCUT2D eigenvalue weighted by molar-refractivity contribution is 6.02. The first-order chi connectivity index (χ1) is 15.9. The third kappa shape index (κ3) is 4.71. The molecular formula is C31H48N2O2. The van der Waals surface area contributed by atoms with Gasteiger partial charge in [-0.3, -0.25) is 9.59 Å². The summed E-state index contributed by atoms with van der Waals surface area (Å²) in [4.78, 5) is 25.4. The third-order valence-electron chi connectivity index (χ3n) is 10.9. The van der Waals surface area contributed by atoms with Gasteiger partial charge in [-0.05, 0) is 86.0 Å². The number of nitriles is 1. The predicted molar refractivity (Wildman–Crippen MR) is 142 cm³/mol. The number of nitrogens with two attached hydrogens (primary N) is 1. The molecule has 35 heavy (non-hydrogen) atoms. The lowest BCUT2D eigenvalue weighted by molar-refractivity contribution is -0.123. The van der Waals surface area contributed by atoms with E-state index in [0.717, 1.165) is 50.5 Å². The van der Waals surface area contributed by atoms with Crippen LogP contribution in [-0.2, 0) is 9.59 Å². The number of hydrogen-bond acceptors (Lipinski definition) is 4. The average molecular weight is 481 g/mol. The topological polar surface area (TPSA) is 84.0 Å². The molecule has 2 saturated carbocycles. The lowest BCUT2D eigenvalue weighted by atomic mass is 9.44. The van der Waals surface area contributed by atoms with Gasteiger partial charge in [-0.25, -0.2) is 0 Å². The van der Waals surface area contributed by atoms with Crippen molar-refractivity contribution in [2.75, 3.05) is 0 Å². The number of carbonyl (C=O) groups excluding carboxylic acids is 2. The number of allylic oxidation sites excluding steroid dienone is 4. The van der Waals surface area contributed by atoms with Crippen LogP contribution in [0.25, 0.3) is 0 Å². The van der Waals surface area contributed by atoms with Gasteiger partial charge in [-0.1, -0.05) is 67.0 Å². The van der Waals surface area contributed by atoms with Crippen LogP contribution in [0.5, 0.6) is 0 Å². The fourth-order valence-electron chi connectivity index (χ4n) is 7.88. The summed E-state index contributed by atoms with van der Waals surface area (Å²) in [6, 6.07) is 2.15. The van der Waals surface area contributed by atoms with Gasteiger partial charge in [0.05, 0.1) is 5.57 Å². The van der Waals surface area contributed by atoms with Crippen molar-refractivity contribution >= 4 is 11.6 Å². The maximum absolute atomic E-state index is 12.8. The van der Waals surface area contributed by atoms with Gasteiger partial charge in [0.15, 0.2) is 11.6 Å². The Morgan fingerprint density at radius 1 is 1.20 bits per heavy atom. The molecule has 194 valence electrons. The molecule has 3 aliphatic rings. The van der Waals surface area contributed by atoms with Gasteiger partial charge >= 0.3 is 0 Å². The highest BCUT2D eigenvalue weighted by atomic mass is 16.1. The van der Waals surface area contributed by atoms with E-state index in [9.17, 15) is 14.9 Å². The van der Waals surface area contributed by atoms with Crippen molar-refractivity contribution in [1.29, 1.82) is 5.26 Å². The van der Waals surface area contributed by atoms with E-state index in [1.807, 2.05) is 19.1 Å². The van der Waals surface area contributed by atoms with E-state index in [-0.39, 0.29) is 45.3 Å². The lowest BCUT2D eigenvalue weighted by Crippen LogP contribution is -2.54. The van der Waals surface area contributed by atoms with E-state index in [4.69, 9.17) is 5.73 Å². The van der Waals surface area contributed by atoms with E-state index in [1.54, 1.807) is 6.92 Å². The largest absolute Gasteiger partial charge is 0.325 e. The molecule has 0 aromatic carbocycles. The van der Waals surface area contributed by atoms with E-state index in [2.05, 4.69) is 54.5 Å². The Morgan fingerprint density at radius 3 is 2.37 bits per heavy atom. The van der Waals surface area contributed by atoms with E-state index in [0.29, 0.717) is 11.3 Å². The summed E-state index contributed by atoms with van der Waals surface area (Å²) >= 11 is 0. The first kappa shape index (κ1) is 27.9. The number of rotatable bonds is 5. The van der Waals surface area contributed by atoms with Crippen LogP contribution in [0.4, 0.5) is 0 Å². The Bertz CT molecular complexity index is 996. The zero-order chi connectivity index (χ0) is 26.6. The SMILES string of the molecule is CC(=O)/C=C1/[C@@]2(C)C=C(C#N)C(=O)[C@@H](C)[C@@H]2CC[C@@]1(C)C(C)(C)CC[C@@]1(N)CCC(C)(C)CC1C. The third-order valence-corrected chi connectivity index (χ3v) is 10.9. The summed E-state index contributed by atoms with van der Waals surface area (Å²) < 4.78 is 0. The maximum atomic E-state index is 12.8. The van der Waals surface area contributed by atoms with Crippen molar-refractivity contribution in [3.63, 3.8) is 0 Å². The molecule has 0 aromatic heterocycles. The van der Waals surface area contributed by atoms with E-state index < -0.39 is 5.41 Å². The van der Waals surface area contributed by atoms with Crippen molar-refractivity contribution in [2.45, 2.75) is 113 Å². The second-order valence-corrected chi connectivity index (χ2v) is 14.1. The summed E-state index contributed by atoms with van der Waals surface area (Å²) in [5, 5.41) is 9.72. The molecule has 0 spiro atoms. The highest BCUT2D eigenvalue weighted by Crippen LogP contribution is 2.65. The zero-order valence-electron chi connectivity index (χ0n) is 23.7. The fourth-order valence-corrected chi connectivity index (χ4v) is 7.88. The van der Waals surface area contributed by atoms with Gasteiger partial charge in [-0.15, -0.1) is 0 Å². The van der Waals surface area contributed by atoms with Crippen molar-refractivity contribution in [3.8, 4) is 6.07 Å². The van der Waals surface area contributed by atoms with Crippen LogP contribution in [0.3, 0.4) is 0 Å². The number of carbonyl (C=O) groups is 2. The number of nitrogens with zero attached hydrogens (tertiary/aromatic N) is 1. The molecular weight excluding hydrogens is 432 g/mol. The van der Waals surface area contributed by atoms with Crippen LogP contribution in [-0.4, -0.2) is 17.1 Å². The minimum Gasteiger partial charge on any atom is -0.325 e. The van der Waals surface area contributed by atoms with Crippen LogP contribution in [0.1, 0.15) is 107 Å². The summed E-state index contributed by atoms with van der Waals surface area (Å²) in [5.74, 6) is 0.323. The smallest absolute Gasteiger partial charge is 0.176 e. The van der Waals surface area contributed by atoms with Crippen LogP contribution in [0.2, 0.25) is 0 Å². The Balaban J connectivity index is 2.00. The van der Waals surface area contributed by atoms with Crippen molar-refractivity contribution in [1.82, 2.24) is 0 Å². The second kappa shape index (κ2) is 8.98. The molecule has 4 heteroatoms. The summed E-state index contributed by atoms with van der Waals surface area (Å²) in [6.07, 6.45) is 10.9. The number of fused-ring (bicyclic) bond motifs is 1. The summed E-state index contributed by atoms with van der Waals surface area (Å²) in [5.41, 5.74) is 7.77. The number of ketones is 2. The first-order valence-electron chi connectivity index (χ1n) is 13.6. The molecule has 4 nitrogen and oxygen atoms in total. The molecule has 3 rings (SSSR count). The number of Topliss-reactive ketones (excluding diaryl/α,β-unsaturated/α-hetero) is 1. The molecule has 0 heterocycles. The maximum Gasteiger partial charge on any atom is 0.176 e. The van der Waals surface area contributed by atoms with Crippen LogP contribution in [0, 0.1) is 50.7 Å². The molecule has 3 aliphatic carbocycles. The van der Waals surface area contributed by atoms with E-state index >= 15 is 0 Å². The highest BCUT2D eigenvalue weighted by Gasteiger charge is 2.58. The standard InChI is InChI=1S/C31H48N2O2/c1-20-17-27(4,5)12-14-31(20,33)15-13-28(6,7)30(9)11-10-24-22(3)26(35)23(19-32)18-29(24,8)25(30)16-21(2)34/h16,18,20,22,24H,10-15,17,33H2,1-9H3/b25-16-/t20?,22-,24-,29-,30+,31-/m0/s1. The van der Waals surface area contributed by atoms with E-state index in [1.165, 1.54) is 0 Å². The molecule has 2 N–H and O–H groups in total. The van der Waals surface area contributed by atoms with Gasteiger partial charge < -0.3 is 5.73 Å². The normalized spacial score (nSPS) is 40.6. The lowest BCUT2D eigenvalue weighted by Gasteiger charge is -2.59. The van der Waals surface area contributed by atoms with Crippen molar-refractivity contribution < 1.29 is 9.59 Å². The molecule has 6 atom stereocenters. The molecule has 0 saturated heterocycles. The minimum absolute atomic E-state index is 0.0267. The van der Waals surface area contributed by atoms with Gasteiger partial charge in [0.2, 0.25) is 0 Å². The summed E-state index contributed by atoms with van der Waals surface area (Å²) in [7, 11) is 0. The molecule has 0 aliphatic heterocycles. The number of hydrogen-bond donors (Lipinski definition) is 1. The fraction of sp³-hybridized carbons (Fsp3) is 0.774. The second-order valence-electron chi connectivity index (χ2n) is 14.1. The van der Waals surface area contributed by atoms with Gasteiger partial charge in [0, 0.05) is 16.9 Å². The van der Waals surface area contributed by atoms with Crippen LogP contribution >= 0.6 is 0 Å². The van der Waals surface area contributed by atoms with Crippen molar-refractivity contribution in [2.24, 2.45) is 45.1 Å². The predicted octanol–water partition coefficient (Wildman–Crippen LogP) is 6.94. The molecule has 0 bridgehead atoms. The monoisotopic (exact) mass is 480 g/mol. The molecule has 0 aromatic rings. The first-order valence-corrected chi connectivity index (χ1v) is 13.6. The Hall–Kier alpha value is -1.73. The van der Waals surface area contributed by atoms with Gasteiger partial charge in [-0.2, -0.15) is 5.26 Å². The zero-order valence-corrected chi connectivity index (χ0v) is 23.7. The quantitative estimate of drug-likeness (QED) is 0.432. The average Bonchev–Trinajstić information content (AvgIpc) is 2.75.